The zero-order chi connectivity index (χ0) is 14.9. The summed E-state index contributed by atoms with van der Waals surface area (Å²) < 4.78 is 0. The van der Waals surface area contributed by atoms with E-state index in [1.165, 1.54) is 0 Å². The number of hydrogen-bond donors (Lipinski definition) is 1. The van der Waals surface area contributed by atoms with Crippen LogP contribution in [0.3, 0.4) is 0 Å². The highest BCUT2D eigenvalue weighted by Crippen LogP contribution is 2.09. The summed E-state index contributed by atoms with van der Waals surface area (Å²) in [6, 6.07) is 11.4. The summed E-state index contributed by atoms with van der Waals surface area (Å²) in [5, 5.41) is 9.17. The van der Waals surface area contributed by atoms with Crippen molar-refractivity contribution in [3.8, 4) is 0 Å². The van der Waals surface area contributed by atoms with Crippen LogP contribution in [-0.2, 0) is 16.1 Å². The summed E-state index contributed by atoms with van der Waals surface area (Å²) >= 11 is 7.36. The molecule has 0 unspecified atom stereocenters. The van der Waals surface area contributed by atoms with Gasteiger partial charge in [-0.2, -0.15) is 0 Å². The van der Waals surface area contributed by atoms with Gasteiger partial charge in [-0.1, -0.05) is 35.0 Å². The molecule has 2 aromatic rings. The van der Waals surface area contributed by atoms with Crippen LogP contribution in [0, 0.1) is 0 Å². The summed E-state index contributed by atoms with van der Waals surface area (Å²) in [5.74, 6) is -0.188. The van der Waals surface area contributed by atoms with Crippen molar-refractivity contribution < 1.29 is 9.63 Å². The van der Waals surface area contributed by atoms with Gasteiger partial charge in [-0.25, -0.2) is 0 Å². The minimum absolute atomic E-state index is 0.0809. The number of amides is 1. The van der Waals surface area contributed by atoms with E-state index < -0.39 is 0 Å². The molecule has 1 N–H and O–H groups in total. The third kappa shape index (κ3) is 5.97. The van der Waals surface area contributed by atoms with Crippen molar-refractivity contribution in [1.82, 2.24) is 5.32 Å². The van der Waals surface area contributed by atoms with Crippen molar-refractivity contribution in [1.29, 1.82) is 0 Å². The fraction of sp³-hybridized carbons (Fsp3) is 0.200. The molecule has 0 spiro atoms. The normalized spacial score (nSPS) is 10.7. The summed E-state index contributed by atoms with van der Waals surface area (Å²) in [6.45, 7) is 0.473. The molecule has 21 heavy (non-hydrogen) atoms. The van der Waals surface area contributed by atoms with E-state index >= 15 is 0 Å². The first-order chi connectivity index (χ1) is 10.2. The number of nitrogens with zero attached hydrogens (tertiary/aromatic N) is 1. The predicted molar refractivity (Wildman–Crippen MR) is 86.0 cm³/mol. The smallest absolute Gasteiger partial charge is 0.260 e. The summed E-state index contributed by atoms with van der Waals surface area (Å²) in [4.78, 5) is 17.4. The van der Waals surface area contributed by atoms with Crippen molar-refractivity contribution in [2.75, 3.05) is 13.2 Å². The van der Waals surface area contributed by atoms with Gasteiger partial charge in [0.15, 0.2) is 6.61 Å². The number of hydrogen-bond acceptors (Lipinski definition) is 4. The zero-order valence-electron chi connectivity index (χ0n) is 11.3. The molecule has 0 atom stereocenters. The number of carbonyl (C=O) groups is 1. The van der Waals surface area contributed by atoms with Crippen molar-refractivity contribution in [2.45, 2.75) is 6.42 Å². The van der Waals surface area contributed by atoms with Gasteiger partial charge < -0.3 is 10.2 Å². The molecule has 0 saturated carbocycles. The van der Waals surface area contributed by atoms with Crippen molar-refractivity contribution >= 4 is 35.1 Å². The van der Waals surface area contributed by atoms with Crippen LogP contribution in [0.4, 0.5) is 0 Å². The van der Waals surface area contributed by atoms with Crippen LogP contribution in [-0.4, -0.2) is 25.3 Å². The van der Waals surface area contributed by atoms with Crippen LogP contribution in [0.15, 0.2) is 46.9 Å². The van der Waals surface area contributed by atoms with E-state index in [-0.39, 0.29) is 12.5 Å². The number of benzene rings is 1. The van der Waals surface area contributed by atoms with E-state index in [0.717, 1.165) is 16.9 Å². The largest absolute Gasteiger partial charge is 0.386 e. The van der Waals surface area contributed by atoms with Crippen molar-refractivity contribution in [3.63, 3.8) is 0 Å². The molecule has 0 aliphatic carbocycles. The third-order valence-electron chi connectivity index (χ3n) is 2.64. The first kappa shape index (κ1) is 15.5. The number of carbonyl (C=O) groups excluding carboxylic acids is 1. The average Bonchev–Trinajstić information content (AvgIpc) is 2.99. The van der Waals surface area contributed by atoms with Crippen LogP contribution in [0.2, 0.25) is 5.02 Å². The van der Waals surface area contributed by atoms with E-state index in [2.05, 4.69) is 10.5 Å². The minimum Gasteiger partial charge on any atom is -0.386 e. The van der Waals surface area contributed by atoms with Gasteiger partial charge in [0.05, 0.1) is 6.21 Å². The van der Waals surface area contributed by atoms with Gasteiger partial charge in [0.2, 0.25) is 0 Å². The highest BCUT2D eigenvalue weighted by Gasteiger charge is 2.01. The second kappa shape index (κ2) is 8.44. The monoisotopic (exact) mass is 322 g/mol. The fourth-order valence-electron chi connectivity index (χ4n) is 1.60. The maximum atomic E-state index is 11.5. The maximum absolute atomic E-state index is 11.5. The minimum atomic E-state index is -0.188. The SMILES string of the molecule is O=C(CON=Cc1cccs1)NCCc1ccc(Cl)cc1. The van der Waals surface area contributed by atoms with E-state index in [1.54, 1.807) is 17.6 Å². The van der Waals surface area contributed by atoms with E-state index in [4.69, 9.17) is 16.4 Å². The highest BCUT2D eigenvalue weighted by molar-refractivity contribution is 7.11. The first-order valence-corrected chi connectivity index (χ1v) is 7.70. The molecule has 1 heterocycles. The Hall–Kier alpha value is -1.85. The molecule has 0 fully saturated rings. The van der Waals surface area contributed by atoms with Gasteiger partial charge in [0, 0.05) is 16.4 Å². The lowest BCUT2D eigenvalue weighted by molar-refractivity contribution is -0.125. The Morgan fingerprint density at radius 2 is 2.14 bits per heavy atom. The zero-order valence-corrected chi connectivity index (χ0v) is 12.9. The third-order valence-corrected chi connectivity index (χ3v) is 3.70. The molecule has 0 bridgehead atoms. The van der Waals surface area contributed by atoms with Crippen molar-refractivity contribution in [3.05, 3.63) is 57.2 Å². The first-order valence-electron chi connectivity index (χ1n) is 6.44. The van der Waals surface area contributed by atoms with Crippen LogP contribution in [0.25, 0.3) is 0 Å². The number of thiophene rings is 1. The molecule has 1 aromatic carbocycles. The van der Waals surface area contributed by atoms with Gasteiger partial charge in [0.1, 0.15) is 0 Å². The molecule has 6 heteroatoms. The fourth-order valence-corrected chi connectivity index (χ4v) is 2.30. The predicted octanol–water partition coefficient (Wildman–Crippen LogP) is 3.11. The van der Waals surface area contributed by atoms with Crippen LogP contribution in [0.5, 0.6) is 0 Å². The lowest BCUT2D eigenvalue weighted by Gasteiger charge is -2.04. The maximum Gasteiger partial charge on any atom is 0.260 e. The van der Waals surface area contributed by atoms with Gasteiger partial charge in [-0.3, -0.25) is 4.79 Å². The Balaban J connectivity index is 1.60. The molecule has 0 aliphatic rings. The number of halogens is 1. The number of rotatable bonds is 7. The standard InChI is InChI=1S/C15H15ClN2O2S/c16-13-5-3-12(4-6-13)7-8-17-15(19)11-20-18-10-14-2-1-9-21-14/h1-6,9-10H,7-8,11H2,(H,17,19). The Bertz CT molecular complexity index is 582. The summed E-state index contributed by atoms with van der Waals surface area (Å²) in [5.41, 5.74) is 1.12. The topological polar surface area (TPSA) is 50.7 Å². The number of oxime groups is 1. The molecule has 110 valence electrons. The average molecular weight is 323 g/mol. The van der Waals surface area contributed by atoms with Gasteiger partial charge >= 0.3 is 0 Å². The Morgan fingerprint density at radius 1 is 1.33 bits per heavy atom. The molecule has 1 amide bonds. The lowest BCUT2D eigenvalue weighted by Crippen LogP contribution is -2.28. The second-order valence-corrected chi connectivity index (χ2v) is 5.67. The molecular formula is C15H15ClN2O2S. The Labute approximate surface area is 132 Å². The lowest BCUT2D eigenvalue weighted by atomic mass is 10.1. The Kier molecular flexibility index (Phi) is 6.24. The molecule has 0 radical (unpaired) electrons. The molecule has 1 aromatic heterocycles. The van der Waals surface area contributed by atoms with E-state index in [1.807, 2.05) is 41.8 Å². The summed E-state index contributed by atoms with van der Waals surface area (Å²) in [7, 11) is 0. The van der Waals surface area contributed by atoms with Gasteiger partial charge in [0.25, 0.3) is 5.91 Å². The highest BCUT2D eigenvalue weighted by atomic mass is 35.5. The Morgan fingerprint density at radius 3 is 2.86 bits per heavy atom. The molecule has 0 saturated heterocycles. The van der Waals surface area contributed by atoms with E-state index in [0.29, 0.717) is 11.6 Å². The molecule has 2 rings (SSSR count). The van der Waals surface area contributed by atoms with Gasteiger partial charge in [-0.05, 0) is 35.6 Å². The van der Waals surface area contributed by atoms with Crippen LogP contribution < -0.4 is 5.32 Å². The van der Waals surface area contributed by atoms with Crippen LogP contribution >= 0.6 is 22.9 Å². The molecule has 0 aliphatic heterocycles. The molecular weight excluding hydrogens is 308 g/mol. The van der Waals surface area contributed by atoms with E-state index in [9.17, 15) is 4.79 Å². The van der Waals surface area contributed by atoms with Crippen molar-refractivity contribution in [2.24, 2.45) is 5.16 Å². The van der Waals surface area contributed by atoms with Gasteiger partial charge in [-0.15, -0.1) is 11.3 Å². The summed E-state index contributed by atoms with van der Waals surface area (Å²) in [6.07, 6.45) is 2.34. The number of nitrogens with one attached hydrogen (secondary N) is 1. The quantitative estimate of drug-likeness (QED) is 0.629. The molecule has 4 nitrogen and oxygen atoms in total. The second-order valence-electron chi connectivity index (χ2n) is 4.25. The van der Waals surface area contributed by atoms with Crippen LogP contribution in [0.1, 0.15) is 10.4 Å².